The molecule has 0 radical (unpaired) electrons. The number of rotatable bonds is 1. The molecule has 1 N–H and O–H groups in total. The van der Waals surface area contributed by atoms with Crippen LogP contribution < -0.4 is 4.90 Å². The molecule has 1 fully saturated rings. The van der Waals surface area contributed by atoms with Crippen molar-refractivity contribution in [2.75, 3.05) is 4.90 Å². The molecule has 1 saturated heterocycles. The van der Waals surface area contributed by atoms with Crippen LogP contribution in [0.25, 0.3) is 0 Å². The molecule has 0 spiro atoms. The number of hydrogen-bond donors (Lipinski definition) is 1. The summed E-state index contributed by atoms with van der Waals surface area (Å²) in [6, 6.07) is 6.11. The highest BCUT2D eigenvalue weighted by Crippen LogP contribution is 2.23. The van der Waals surface area contributed by atoms with E-state index in [0.717, 1.165) is 12.8 Å². The summed E-state index contributed by atoms with van der Waals surface area (Å²) in [5, 5.41) is 9.15. The lowest BCUT2D eigenvalue weighted by atomic mass is 10.2. The molecule has 0 bridgehead atoms. The quantitative estimate of drug-likeness (QED) is 0.733. The zero-order valence-corrected chi connectivity index (χ0v) is 8.85. The van der Waals surface area contributed by atoms with E-state index in [-0.39, 0.29) is 17.6 Å². The Labute approximate surface area is 93.5 Å². The molecule has 4 nitrogen and oxygen atoms in total. The highest BCUT2D eigenvalue weighted by atomic mass is 16.3. The maximum Gasteiger partial charge on any atom is 0.233 e. The number of nitrogens with zero attached hydrogens (tertiary/aromatic N) is 1. The van der Waals surface area contributed by atoms with Crippen molar-refractivity contribution >= 4 is 17.5 Å². The zero-order chi connectivity index (χ0) is 11.5. The topological polar surface area (TPSA) is 57.6 Å². The lowest BCUT2D eigenvalue weighted by Crippen LogP contribution is -2.34. The fourth-order valence-corrected chi connectivity index (χ4v) is 1.80. The van der Waals surface area contributed by atoms with Gasteiger partial charge in [-0.15, -0.1) is 0 Å². The standard InChI is InChI=1S/C12H13NO3/c14-10-7-5-9(6-8-10)13-11(15)3-1-2-4-12(13)16/h5-8,14H,1-4H2. The van der Waals surface area contributed by atoms with Gasteiger partial charge in [0.25, 0.3) is 0 Å². The molecule has 4 heteroatoms. The molecule has 1 aliphatic heterocycles. The maximum atomic E-state index is 11.8. The number of hydrogen-bond acceptors (Lipinski definition) is 3. The molecule has 2 rings (SSSR count). The van der Waals surface area contributed by atoms with Crippen LogP contribution in [0.4, 0.5) is 5.69 Å². The second-order valence-corrected chi connectivity index (χ2v) is 3.85. The summed E-state index contributed by atoms with van der Waals surface area (Å²) >= 11 is 0. The van der Waals surface area contributed by atoms with Crippen molar-refractivity contribution in [2.45, 2.75) is 25.7 Å². The molecule has 0 unspecified atom stereocenters. The van der Waals surface area contributed by atoms with E-state index in [0.29, 0.717) is 18.5 Å². The van der Waals surface area contributed by atoms with E-state index in [1.54, 1.807) is 12.1 Å². The maximum absolute atomic E-state index is 11.8. The van der Waals surface area contributed by atoms with Gasteiger partial charge in [0, 0.05) is 12.8 Å². The van der Waals surface area contributed by atoms with Crippen molar-refractivity contribution in [3.05, 3.63) is 24.3 Å². The lowest BCUT2D eigenvalue weighted by molar-refractivity contribution is -0.125. The third kappa shape index (κ3) is 2.05. The molecule has 0 saturated carbocycles. The smallest absolute Gasteiger partial charge is 0.233 e. The van der Waals surface area contributed by atoms with E-state index >= 15 is 0 Å². The van der Waals surface area contributed by atoms with Gasteiger partial charge < -0.3 is 5.11 Å². The van der Waals surface area contributed by atoms with E-state index in [1.165, 1.54) is 17.0 Å². The fraction of sp³-hybridized carbons (Fsp3) is 0.333. The van der Waals surface area contributed by atoms with Gasteiger partial charge in [0.2, 0.25) is 11.8 Å². The van der Waals surface area contributed by atoms with Gasteiger partial charge in [-0.2, -0.15) is 0 Å². The average Bonchev–Trinajstić information content (AvgIpc) is 2.42. The molecule has 1 aromatic rings. The molecule has 16 heavy (non-hydrogen) atoms. The van der Waals surface area contributed by atoms with Crippen molar-refractivity contribution < 1.29 is 14.7 Å². The first kappa shape index (κ1) is 10.7. The predicted octanol–water partition coefficient (Wildman–Crippen LogP) is 1.83. The van der Waals surface area contributed by atoms with Crippen molar-refractivity contribution in [3.8, 4) is 5.75 Å². The van der Waals surface area contributed by atoms with Gasteiger partial charge >= 0.3 is 0 Å². The number of imide groups is 1. The minimum Gasteiger partial charge on any atom is -0.508 e. The number of benzene rings is 1. The second kappa shape index (κ2) is 4.35. The molecule has 1 heterocycles. The molecule has 84 valence electrons. The van der Waals surface area contributed by atoms with Crippen LogP contribution in [0.2, 0.25) is 0 Å². The highest BCUT2D eigenvalue weighted by molar-refractivity contribution is 6.15. The van der Waals surface area contributed by atoms with E-state index in [2.05, 4.69) is 0 Å². The second-order valence-electron chi connectivity index (χ2n) is 3.85. The Morgan fingerprint density at radius 3 is 1.94 bits per heavy atom. The monoisotopic (exact) mass is 219 g/mol. The Morgan fingerprint density at radius 1 is 0.938 bits per heavy atom. The van der Waals surface area contributed by atoms with Crippen LogP contribution in [0, 0.1) is 0 Å². The summed E-state index contributed by atoms with van der Waals surface area (Å²) in [4.78, 5) is 24.7. The Kier molecular flexibility index (Phi) is 2.90. The van der Waals surface area contributed by atoms with Crippen LogP contribution in [-0.2, 0) is 9.59 Å². The Bertz CT molecular complexity index is 393. The number of aromatic hydroxyl groups is 1. The molecule has 1 aromatic carbocycles. The van der Waals surface area contributed by atoms with Gasteiger partial charge in [-0.05, 0) is 37.1 Å². The normalized spacial score (nSPS) is 17.4. The third-order valence-corrected chi connectivity index (χ3v) is 2.64. The van der Waals surface area contributed by atoms with Crippen molar-refractivity contribution in [1.29, 1.82) is 0 Å². The first-order valence-electron chi connectivity index (χ1n) is 5.33. The van der Waals surface area contributed by atoms with Gasteiger partial charge in [0.1, 0.15) is 5.75 Å². The highest BCUT2D eigenvalue weighted by Gasteiger charge is 2.25. The number of carbonyl (C=O) groups is 2. The van der Waals surface area contributed by atoms with Crippen LogP contribution in [-0.4, -0.2) is 16.9 Å². The van der Waals surface area contributed by atoms with E-state index in [1.807, 2.05) is 0 Å². The number of phenols is 1. The third-order valence-electron chi connectivity index (χ3n) is 2.64. The molecular weight excluding hydrogens is 206 g/mol. The number of anilines is 1. The summed E-state index contributed by atoms with van der Waals surface area (Å²) in [5.74, 6) is -0.195. The summed E-state index contributed by atoms with van der Waals surface area (Å²) in [7, 11) is 0. The molecule has 1 aliphatic rings. The summed E-state index contributed by atoms with van der Waals surface area (Å²) < 4.78 is 0. The van der Waals surface area contributed by atoms with Gasteiger partial charge in [-0.25, -0.2) is 0 Å². The van der Waals surface area contributed by atoms with Gasteiger partial charge in [-0.3, -0.25) is 14.5 Å². The number of carbonyl (C=O) groups excluding carboxylic acids is 2. The van der Waals surface area contributed by atoms with Crippen molar-refractivity contribution in [2.24, 2.45) is 0 Å². The molecular formula is C12H13NO3. The largest absolute Gasteiger partial charge is 0.508 e. The summed E-state index contributed by atoms with van der Waals surface area (Å²) in [6.07, 6.45) is 2.34. The van der Waals surface area contributed by atoms with Crippen molar-refractivity contribution in [3.63, 3.8) is 0 Å². The first-order valence-corrected chi connectivity index (χ1v) is 5.33. The summed E-state index contributed by atoms with van der Waals surface area (Å²) in [6.45, 7) is 0. The number of phenolic OH excluding ortho intramolecular Hbond substituents is 1. The van der Waals surface area contributed by atoms with Crippen LogP contribution in [0.15, 0.2) is 24.3 Å². The minimum atomic E-state index is -0.159. The average molecular weight is 219 g/mol. The van der Waals surface area contributed by atoms with Crippen LogP contribution in [0.3, 0.4) is 0 Å². The van der Waals surface area contributed by atoms with E-state index in [9.17, 15) is 9.59 Å². The Balaban J connectivity index is 2.32. The van der Waals surface area contributed by atoms with Gasteiger partial charge in [0.15, 0.2) is 0 Å². The fourth-order valence-electron chi connectivity index (χ4n) is 1.80. The minimum absolute atomic E-state index is 0.124. The molecule has 0 atom stereocenters. The van der Waals surface area contributed by atoms with E-state index < -0.39 is 0 Å². The predicted molar refractivity (Wildman–Crippen MR) is 59.1 cm³/mol. The first-order chi connectivity index (χ1) is 7.68. The summed E-state index contributed by atoms with van der Waals surface area (Å²) in [5.41, 5.74) is 0.537. The van der Waals surface area contributed by atoms with Gasteiger partial charge in [-0.1, -0.05) is 0 Å². The lowest BCUT2D eigenvalue weighted by Gasteiger charge is -2.18. The van der Waals surface area contributed by atoms with Crippen LogP contribution in [0.5, 0.6) is 5.75 Å². The van der Waals surface area contributed by atoms with Crippen LogP contribution in [0.1, 0.15) is 25.7 Å². The van der Waals surface area contributed by atoms with E-state index in [4.69, 9.17) is 5.11 Å². The van der Waals surface area contributed by atoms with Gasteiger partial charge in [0.05, 0.1) is 5.69 Å². The molecule has 0 aromatic heterocycles. The zero-order valence-electron chi connectivity index (χ0n) is 8.85. The Hall–Kier alpha value is -1.84. The number of amides is 2. The SMILES string of the molecule is O=C1CCCCC(=O)N1c1ccc(O)cc1. The Morgan fingerprint density at radius 2 is 1.44 bits per heavy atom. The van der Waals surface area contributed by atoms with Crippen LogP contribution >= 0.6 is 0 Å². The molecule has 2 amide bonds. The van der Waals surface area contributed by atoms with Crippen molar-refractivity contribution in [1.82, 2.24) is 0 Å². The molecule has 0 aliphatic carbocycles.